The largest absolute Gasteiger partial charge is 0.508 e. The minimum absolute atomic E-state index is 0.0542. The first-order chi connectivity index (χ1) is 9.60. The van der Waals surface area contributed by atoms with E-state index in [9.17, 15) is 19.8 Å². The fraction of sp³-hybridized carbons (Fsp3) is 0.333. The molecule has 1 aromatic carbocycles. The molecule has 0 radical (unpaired) electrons. The van der Waals surface area contributed by atoms with Gasteiger partial charge in [0.05, 0.1) is 0 Å². The first kappa shape index (κ1) is 16.6. The van der Waals surface area contributed by atoms with E-state index < -0.39 is 23.7 Å². The molecule has 1 rings (SSSR count). The van der Waals surface area contributed by atoms with Crippen LogP contribution in [0.25, 0.3) is 5.57 Å². The van der Waals surface area contributed by atoms with E-state index >= 15 is 0 Å². The summed E-state index contributed by atoms with van der Waals surface area (Å²) in [5.74, 6) is -1.20. The number of rotatable bonds is 4. The molecular weight excluding hydrogens is 274 g/mol. The summed E-state index contributed by atoms with van der Waals surface area (Å²) in [4.78, 5) is 23.0. The summed E-state index contributed by atoms with van der Waals surface area (Å²) in [6.45, 7) is 8.73. The van der Waals surface area contributed by atoms with Crippen molar-refractivity contribution in [3.05, 3.63) is 36.4 Å². The van der Waals surface area contributed by atoms with Crippen LogP contribution in [0.5, 0.6) is 5.75 Å². The summed E-state index contributed by atoms with van der Waals surface area (Å²) < 4.78 is 5.03. The zero-order valence-electron chi connectivity index (χ0n) is 12.2. The van der Waals surface area contributed by atoms with Crippen LogP contribution in [0.15, 0.2) is 30.8 Å². The number of hydrogen-bond acceptors (Lipinski definition) is 4. The van der Waals surface area contributed by atoms with Crippen LogP contribution in [0.2, 0.25) is 0 Å². The van der Waals surface area contributed by atoms with Gasteiger partial charge in [-0.1, -0.05) is 18.7 Å². The zero-order chi connectivity index (χ0) is 16.2. The highest BCUT2D eigenvalue weighted by Gasteiger charge is 2.26. The molecule has 1 unspecified atom stereocenters. The number of carbonyl (C=O) groups excluding carboxylic acids is 1. The van der Waals surface area contributed by atoms with Gasteiger partial charge in [0.25, 0.3) is 0 Å². The summed E-state index contributed by atoms with van der Waals surface area (Å²) in [7, 11) is 0. The van der Waals surface area contributed by atoms with E-state index in [0.717, 1.165) is 0 Å². The Balaban J connectivity index is 2.87. The summed E-state index contributed by atoms with van der Waals surface area (Å²) in [6, 6.07) is 4.54. The molecule has 1 aromatic rings. The lowest BCUT2D eigenvalue weighted by Crippen LogP contribution is -2.43. The third-order valence-corrected chi connectivity index (χ3v) is 2.49. The minimum atomic E-state index is -1.32. The summed E-state index contributed by atoms with van der Waals surface area (Å²) in [6.07, 6.45) is -0.838. The number of benzene rings is 1. The average molecular weight is 293 g/mol. The van der Waals surface area contributed by atoms with Gasteiger partial charge in [0.15, 0.2) is 6.04 Å². The number of amides is 1. The minimum Gasteiger partial charge on any atom is -0.508 e. The zero-order valence-corrected chi connectivity index (χ0v) is 12.2. The second-order valence-electron chi connectivity index (χ2n) is 5.49. The van der Waals surface area contributed by atoms with Gasteiger partial charge in [-0.05, 0) is 44.0 Å². The second-order valence-corrected chi connectivity index (χ2v) is 5.49. The second kappa shape index (κ2) is 6.30. The third kappa shape index (κ3) is 5.18. The molecule has 0 saturated carbocycles. The number of carboxylic acids is 1. The lowest BCUT2D eigenvalue weighted by molar-refractivity contribution is -0.137. The molecule has 0 fully saturated rings. The van der Waals surface area contributed by atoms with Gasteiger partial charge in [0.1, 0.15) is 11.4 Å². The Morgan fingerprint density at radius 3 is 2.19 bits per heavy atom. The topological polar surface area (TPSA) is 95.9 Å². The van der Waals surface area contributed by atoms with Crippen LogP contribution in [0.4, 0.5) is 4.79 Å². The maximum atomic E-state index is 11.7. The lowest BCUT2D eigenvalue weighted by Gasteiger charge is -2.23. The van der Waals surface area contributed by atoms with Crippen LogP contribution in [0, 0.1) is 0 Å². The highest BCUT2D eigenvalue weighted by Crippen LogP contribution is 2.20. The Kier molecular flexibility index (Phi) is 4.97. The summed E-state index contributed by atoms with van der Waals surface area (Å²) >= 11 is 0. The van der Waals surface area contributed by atoms with Gasteiger partial charge in [-0.3, -0.25) is 0 Å². The fourth-order valence-electron chi connectivity index (χ4n) is 1.57. The van der Waals surface area contributed by atoms with Crippen molar-refractivity contribution in [1.29, 1.82) is 0 Å². The van der Waals surface area contributed by atoms with Crippen LogP contribution in [0.3, 0.4) is 0 Å². The van der Waals surface area contributed by atoms with E-state index in [2.05, 4.69) is 11.9 Å². The molecule has 21 heavy (non-hydrogen) atoms. The number of phenolic OH excluding ortho intramolecular Hbond substituents is 1. The Morgan fingerprint density at radius 2 is 1.76 bits per heavy atom. The molecule has 0 spiro atoms. The van der Waals surface area contributed by atoms with E-state index in [0.29, 0.717) is 5.56 Å². The number of carbonyl (C=O) groups is 2. The Hall–Kier alpha value is -2.50. The molecule has 0 aliphatic carbocycles. The van der Waals surface area contributed by atoms with Crippen molar-refractivity contribution < 1.29 is 24.5 Å². The molecule has 6 nitrogen and oxygen atoms in total. The van der Waals surface area contributed by atoms with Crippen LogP contribution < -0.4 is 5.32 Å². The van der Waals surface area contributed by atoms with Crippen molar-refractivity contribution >= 4 is 17.6 Å². The van der Waals surface area contributed by atoms with Crippen LogP contribution in [-0.4, -0.2) is 33.9 Å². The fourth-order valence-corrected chi connectivity index (χ4v) is 1.57. The number of alkyl carbamates (subject to hydrolysis) is 1. The van der Waals surface area contributed by atoms with E-state index in [-0.39, 0.29) is 11.3 Å². The molecule has 1 atom stereocenters. The summed E-state index contributed by atoms with van der Waals surface area (Å²) in [5, 5.41) is 20.7. The van der Waals surface area contributed by atoms with Crippen molar-refractivity contribution in [3.63, 3.8) is 0 Å². The number of phenols is 1. The number of nitrogens with one attached hydrogen (secondary N) is 1. The van der Waals surface area contributed by atoms with Crippen LogP contribution in [-0.2, 0) is 9.53 Å². The molecule has 0 aromatic heterocycles. The van der Waals surface area contributed by atoms with Crippen molar-refractivity contribution in [2.45, 2.75) is 32.4 Å². The third-order valence-electron chi connectivity index (χ3n) is 2.49. The average Bonchev–Trinajstić information content (AvgIpc) is 2.33. The van der Waals surface area contributed by atoms with E-state index in [4.69, 9.17) is 4.74 Å². The number of ether oxygens (including phenoxy) is 1. The summed E-state index contributed by atoms with van der Waals surface area (Å²) in [5.41, 5.74) is -0.0443. The first-order valence-electron chi connectivity index (χ1n) is 6.30. The molecule has 0 saturated heterocycles. The molecule has 6 heteroatoms. The van der Waals surface area contributed by atoms with Crippen molar-refractivity contribution in [2.24, 2.45) is 0 Å². The van der Waals surface area contributed by atoms with E-state index in [1.165, 1.54) is 24.3 Å². The van der Waals surface area contributed by atoms with Gasteiger partial charge < -0.3 is 20.3 Å². The standard InChI is InChI=1S/C15H19NO5/c1-9(10-5-7-11(17)8-6-10)12(13(18)19)16-14(20)21-15(2,3)4/h5-8,12,17H,1H2,2-4H3,(H,16,20)(H,18,19). The number of carboxylic acid groups (broad SMARTS) is 1. The maximum Gasteiger partial charge on any atom is 0.408 e. The Morgan fingerprint density at radius 1 is 1.24 bits per heavy atom. The van der Waals surface area contributed by atoms with Gasteiger partial charge in [-0.2, -0.15) is 0 Å². The predicted octanol–water partition coefficient (Wildman–Crippen LogP) is 2.38. The first-order valence-corrected chi connectivity index (χ1v) is 6.30. The van der Waals surface area contributed by atoms with E-state index in [1.807, 2.05) is 0 Å². The molecule has 0 heterocycles. The van der Waals surface area contributed by atoms with Gasteiger partial charge >= 0.3 is 12.1 Å². The normalized spacial score (nSPS) is 12.3. The SMILES string of the molecule is C=C(c1ccc(O)cc1)C(NC(=O)OC(C)(C)C)C(=O)O. The van der Waals surface area contributed by atoms with E-state index in [1.54, 1.807) is 20.8 Å². The Bertz CT molecular complexity index is 542. The van der Waals surface area contributed by atoms with Crippen molar-refractivity contribution in [1.82, 2.24) is 5.32 Å². The molecule has 1 amide bonds. The number of hydrogen-bond donors (Lipinski definition) is 3. The van der Waals surface area contributed by atoms with Gasteiger partial charge in [-0.25, -0.2) is 9.59 Å². The van der Waals surface area contributed by atoms with Gasteiger partial charge in [0.2, 0.25) is 0 Å². The molecule has 114 valence electrons. The number of aromatic hydroxyl groups is 1. The highest BCUT2D eigenvalue weighted by molar-refractivity contribution is 5.93. The van der Waals surface area contributed by atoms with Gasteiger partial charge in [0, 0.05) is 0 Å². The van der Waals surface area contributed by atoms with Gasteiger partial charge in [-0.15, -0.1) is 0 Å². The maximum absolute atomic E-state index is 11.7. The molecule has 3 N–H and O–H groups in total. The molecule has 0 aliphatic rings. The lowest BCUT2D eigenvalue weighted by atomic mass is 10.0. The predicted molar refractivity (Wildman–Crippen MR) is 77.9 cm³/mol. The molecule has 0 aliphatic heterocycles. The smallest absolute Gasteiger partial charge is 0.408 e. The van der Waals surface area contributed by atoms with Crippen LogP contribution >= 0.6 is 0 Å². The van der Waals surface area contributed by atoms with Crippen molar-refractivity contribution in [2.75, 3.05) is 0 Å². The number of aliphatic carboxylic acids is 1. The highest BCUT2D eigenvalue weighted by atomic mass is 16.6. The molecular formula is C15H19NO5. The quantitative estimate of drug-likeness (QED) is 0.792. The molecule has 0 bridgehead atoms. The van der Waals surface area contributed by atoms with Crippen molar-refractivity contribution in [3.8, 4) is 5.75 Å². The monoisotopic (exact) mass is 293 g/mol. The van der Waals surface area contributed by atoms with Crippen LogP contribution in [0.1, 0.15) is 26.3 Å². The Labute approximate surface area is 123 Å².